The minimum absolute atomic E-state index is 0.0466. The lowest BCUT2D eigenvalue weighted by molar-refractivity contribution is -0.128. The number of carbonyl (C=O) groups excluding carboxylic acids is 1. The van der Waals surface area contributed by atoms with Gasteiger partial charge in [-0.25, -0.2) is 0 Å². The summed E-state index contributed by atoms with van der Waals surface area (Å²) >= 11 is 0. The molecule has 2 N–H and O–H groups in total. The number of rotatable bonds is 6. The number of aryl methyl sites for hydroxylation is 2. The number of ether oxygens (including phenoxy) is 2. The fraction of sp³-hybridized carbons (Fsp3) is 0.708. The minimum atomic E-state index is 0.0466. The first kappa shape index (κ1) is 20.8. The van der Waals surface area contributed by atoms with Crippen LogP contribution < -0.4 is 10.6 Å². The topological polar surface area (TPSA) is 59.6 Å². The van der Waals surface area contributed by atoms with Crippen LogP contribution in [0.1, 0.15) is 61.6 Å². The number of benzene rings is 1. The van der Waals surface area contributed by atoms with Crippen LogP contribution in [0.5, 0.6) is 0 Å². The smallest absolute Gasteiger partial charge is 0.223 e. The van der Waals surface area contributed by atoms with E-state index >= 15 is 0 Å². The molecule has 1 aliphatic heterocycles. The third-order valence-electron chi connectivity index (χ3n) is 7.02. The number of carbonyl (C=O) groups is 1. The highest BCUT2D eigenvalue weighted by Crippen LogP contribution is 2.28. The van der Waals surface area contributed by atoms with Gasteiger partial charge >= 0.3 is 0 Å². The third kappa shape index (κ3) is 5.39. The zero-order chi connectivity index (χ0) is 20.1. The summed E-state index contributed by atoms with van der Waals surface area (Å²) in [7, 11) is 1.77. The van der Waals surface area contributed by atoms with E-state index in [0.717, 1.165) is 45.3 Å². The molecule has 5 nitrogen and oxygen atoms in total. The molecule has 1 saturated heterocycles. The molecule has 4 rings (SSSR count). The van der Waals surface area contributed by atoms with Gasteiger partial charge in [0.05, 0.1) is 6.10 Å². The highest BCUT2D eigenvalue weighted by atomic mass is 16.5. The Labute approximate surface area is 174 Å². The SMILES string of the molecule is CO[C@H]1C[C@@H](C(=O)NCc2ccc3c(c2)CCCC3)CC[C@@H]1NC1CCOCC1. The van der Waals surface area contributed by atoms with Crippen LogP contribution in [0.15, 0.2) is 18.2 Å². The Balaban J connectivity index is 1.27. The van der Waals surface area contributed by atoms with Crippen molar-refractivity contribution in [1.82, 2.24) is 10.6 Å². The predicted octanol–water partition coefficient (Wildman–Crippen LogP) is 3.13. The average Bonchev–Trinajstić information content (AvgIpc) is 2.78. The normalized spacial score (nSPS) is 28.0. The second kappa shape index (κ2) is 10.1. The average molecular weight is 401 g/mol. The predicted molar refractivity (Wildman–Crippen MR) is 114 cm³/mol. The molecular formula is C24H36N2O3. The molecule has 0 aromatic heterocycles. The van der Waals surface area contributed by atoms with Crippen LogP contribution in [0.3, 0.4) is 0 Å². The second-order valence-corrected chi connectivity index (χ2v) is 8.97. The lowest BCUT2D eigenvalue weighted by Crippen LogP contribution is -2.52. The standard InChI is InChI=1S/C24H36N2O3/c1-28-23-15-20(8-9-22(23)26-21-10-12-29-13-11-21)24(27)25-16-17-6-7-18-4-2-3-5-19(18)14-17/h6-7,14,20-23,26H,2-5,8-13,15-16H2,1H3,(H,25,27)/t20-,22-,23-/m0/s1. The number of amides is 1. The van der Waals surface area contributed by atoms with Crippen LogP contribution in [0.25, 0.3) is 0 Å². The van der Waals surface area contributed by atoms with Crippen molar-refractivity contribution in [3.63, 3.8) is 0 Å². The molecule has 0 unspecified atom stereocenters. The maximum atomic E-state index is 12.8. The van der Waals surface area contributed by atoms with Gasteiger partial charge in [0, 0.05) is 44.9 Å². The molecule has 2 fully saturated rings. The van der Waals surface area contributed by atoms with Gasteiger partial charge in [-0.1, -0.05) is 18.2 Å². The molecule has 1 heterocycles. The van der Waals surface area contributed by atoms with Gasteiger partial charge in [-0.15, -0.1) is 0 Å². The van der Waals surface area contributed by atoms with E-state index in [1.165, 1.54) is 42.4 Å². The number of fused-ring (bicyclic) bond motifs is 1. The highest BCUT2D eigenvalue weighted by molar-refractivity contribution is 5.78. The first-order chi connectivity index (χ1) is 14.2. The Morgan fingerprint density at radius 3 is 2.69 bits per heavy atom. The fourth-order valence-electron chi connectivity index (χ4n) is 5.22. The first-order valence-corrected chi connectivity index (χ1v) is 11.5. The molecule has 0 radical (unpaired) electrons. The second-order valence-electron chi connectivity index (χ2n) is 8.97. The molecule has 0 spiro atoms. The van der Waals surface area contributed by atoms with Crippen molar-refractivity contribution in [3.05, 3.63) is 34.9 Å². The summed E-state index contributed by atoms with van der Waals surface area (Å²) in [6.07, 6.45) is 9.92. The molecule has 2 aliphatic carbocycles. The summed E-state index contributed by atoms with van der Waals surface area (Å²) < 4.78 is 11.2. The van der Waals surface area contributed by atoms with Crippen LogP contribution in [0.2, 0.25) is 0 Å². The maximum Gasteiger partial charge on any atom is 0.223 e. The molecule has 0 bridgehead atoms. The Kier molecular flexibility index (Phi) is 7.22. The van der Waals surface area contributed by atoms with Crippen molar-refractivity contribution in [3.8, 4) is 0 Å². The van der Waals surface area contributed by atoms with E-state index in [-0.39, 0.29) is 17.9 Å². The zero-order valence-electron chi connectivity index (χ0n) is 17.8. The van der Waals surface area contributed by atoms with E-state index < -0.39 is 0 Å². The summed E-state index contributed by atoms with van der Waals surface area (Å²) in [5.74, 6) is 0.222. The molecule has 5 heteroatoms. The highest BCUT2D eigenvalue weighted by Gasteiger charge is 2.35. The van der Waals surface area contributed by atoms with Gasteiger partial charge in [0.15, 0.2) is 0 Å². The van der Waals surface area contributed by atoms with E-state index in [1.54, 1.807) is 7.11 Å². The monoisotopic (exact) mass is 400 g/mol. The van der Waals surface area contributed by atoms with E-state index in [0.29, 0.717) is 18.6 Å². The van der Waals surface area contributed by atoms with Crippen LogP contribution in [-0.4, -0.2) is 44.4 Å². The van der Waals surface area contributed by atoms with Gasteiger partial charge in [0.1, 0.15) is 0 Å². The van der Waals surface area contributed by atoms with Crippen molar-refractivity contribution in [2.24, 2.45) is 5.92 Å². The van der Waals surface area contributed by atoms with E-state index in [4.69, 9.17) is 9.47 Å². The fourth-order valence-corrected chi connectivity index (χ4v) is 5.22. The number of methoxy groups -OCH3 is 1. The van der Waals surface area contributed by atoms with Crippen LogP contribution >= 0.6 is 0 Å². The molecule has 3 aliphatic rings. The van der Waals surface area contributed by atoms with Crippen LogP contribution in [-0.2, 0) is 33.7 Å². The van der Waals surface area contributed by atoms with Gasteiger partial charge in [-0.3, -0.25) is 4.79 Å². The number of nitrogens with one attached hydrogen (secondary N) is 2. The third-order valence-corrected chi connectivity index (χ3v) is 7.02. The minimum Gasteiger partial charge on any atom is -0.381 e. The van der Waals surface area contributed by atoms with Crippen LogP contribution in [0.4, 0.5) is 0 Å². The molecule has 3 atom stereocenters. The summed E-state index contributed by atoms with van der Waals surface area (Å²) in [4.78, 5) is 12.8. The Morgan fingerprint density at radius 1 is 1.10 bits per heavy atom. The van der Waals surface area contributed by atoms with Gasteiger partial charge in [-0.05, 0) is 74.5 Å². The van der Waals surface area contributed by atoms with Crippen molar-refractivity contribution < 1.29 is 14.3 Å². The van der Waals surface area contributed by atoms with E-state index in [2.05, 4.69) is 28.8 Å². The largest absolute Gasteiger partial charge is 0.381 e. The number of hydrogen-bond donors (Lipinski definition) is 2. The number of hydrogen-bond acceptors (Lipinski definition) is 4. The quantitative estimate of drug-likeness (QED) is 0.770. The zero-order valence-corrected chi connectivity index (χ0v) is 17.8. The molecule has 1 saturated carbocycles. The van der Waals surface area contributed by atoms with Crippen molar-refractivity contribution in [2.75, 3.05) is 20.3 Å². The summed E-state index contributed by atoms with van der Waals surface area (Å²) in [6.45, 7) is 2.32. The summed E-state index contributed by atoms with van der Waals surface area (Å²) in [5, 5.41) is 6.95. The summed E-state index contributed by atoms with van der Waals surface area (Å²) in [6, 6.07) is 7.58. The van der Waals surface area contributed by atoms with E-state index in [1.807, 2.05) is 0 Å². The van der Waals surface area contributed by atoms with E-state index in [9.17, 15) is 4.79 Å². The molecule has 1 aromatic rings. The van der Waals surface area contributed by atoms with Gasteiger partial charge in [0.2, 0.25) is 5.91 Å². The molecule has 29 heavy (non-hydrogen) atoms. The van der Waals surface area contributed by atoms with Gasteiger partial charge < -0.3 is 20.1 Å². The maximum absolute atomic E-state index is 12.8. The van der Waals surface area contributed by atoms with Crippen molar-refractivity contribution in [2.45, 2.75) is 82.5 Å². The van der Waals surface area contributed by atoms with Crippen LogP contribution in [0, 0.1) is 5.92 Å². The summed E-state index contributed by atoms with van der Waals surface area (Å²) in [5.41, 5.74) is 4.18. The van der Waals surface area contributed by atoms with Gasteiger partial charge in [-0.2, -0.15) is 0 Å². The molecule has 1 amide bonds. The molecule has 1 aromatic carbocycles. The van der Waals surface area contributed by atoms with Gasteiger partial charge in [0.25, 0.3) is 0 Å². The van der Waals surface area contributed by atoms with Crippen molar-refractivity contribution >= 4 is 5.91 Å². The Morgan fingerprint density at radius 2 is 1.90 bits per heavy atom. The molecular weight excluding hydrogens is 364 g/mol. The lowest BCUT2D eigenvalue weighted by atomic mass is 9.82. The van der Waals surface area contributed by atoms with Crippen molar-refractivity contribution in [1.29, 1.82) is 0 Å². The lowest BCUT2D eigenvalue weighted by Gasteiger charge is -2.38. The Hall–Kier alpha value is -1.43. The first-order valence-electron chi connectivity index (χ1n) is 11.5. The Bertz CT molecular complexity index is 687. The molecule has 160 valence electrons.